The molecule has 4 nitrogen and oxygen atoms in total. The number of rotatable bonds is 4. The van der Waals surface area contributed by atoms with E-state index in [-0.39, 0.29) is 5.91 Å². The molecule has 110 valence electrons. The SMILES string of the molecule is CCCN1CCN(C(=O)c2ccc(Br)cc2OC)CC1. The average molecular weight is 341 g/mol. The van der Waals surface area contributed by atoms with E-state index in [0.29, 0.717) is 11.3 Å². The largest absolute Gasteiger partial charge is 0.496 e. The summed E-state index contributed by atoms with van der Waals surface area (Å²) in [7, 11) is 1.59. The summed E-state index contributed by atoms with van der Waals surface area (Å²) in [5, 5.41) is 0. The van der Waals surface area contributed by atoms with Crippen LogP contribution in [0.4, 0.5) is 0 Å². The molecule has 1 fully saturated rings. The lowest BCUT2D eigenvalue weighted by Crippen LogP contribution is -2.48. The number of halogens is 1. The zero-order valence-corrected chi connectivity index (χ0v) is 13.6. The number of amides is 1. The van der Waals surface area contributed by atoms with Gasteiger partial charge in [-0.2, -0.15) is 0 Å². The van der Waals surface area contributed by atoms with Gasteiger partial charge in [-0.05, 0) is 31.2 Å². The molecule has 1 heterocycles. The lowest BCUT2D eigenvalue weighted by molar-refractivity contribution is 0.0634. The van der Waals surface area contributed by atoms with E-state index in [4.69, 9.17) is 4.74 Å². The number of hydrogen-bond acceptors (Lipinski definition) is 3. The van der Waals surface area contributed by atoms with Gasteiger partial charge in [-0.1, -0.05) is 22.9 Å². The minimum atomic E-state index is 0.0606. The van der Waals surface area contributed by atoms with Crippen LogP contribution in [-0.2, 0) is 0 Å². The minimum Gasteiger partial charge on any atom is -0.496 e. The molecular weight excluding hydrogens is 320 g/mol. The van der Waals surface area contributed by atoms with E-state index in [1.165, 1.54) is 0 Å². The smallest absolute Gasteiger partial charge is 0.257 e. The summed E-state index contributed by atoms with van der Waals surface area (Å²) in [6.07, 6.45) is 1.16. The molecule has 1 aliphatic heterocycles. The van der Waals surface area contributed by atoms with E-state index < -0.39 is 0 Å². The fourth-order valence-corrected chi connectivity index (χ4v) is 2.84. The first kappa shape index (κ1) is 15.3. The van der Waals surface area contributed by atoms with Crippen molar-refractivity contribution in [2.24, 2.45) is 0 Å². The monoisotopic (exact) mass is 340 g/mol. The molecule has 0 N–H and O–H groups in total. The predicted octanol–water partition coefficient (Wildman–Crippen LogP) is 2.63. The molecule has 1 amide bonds. The maximum atomic E-state index is 12.6. The van der Waals surface area contributed by atoms with Crippen LogP contribution in [0, 0.1) is 0 Å². The van der Waals surface area contributed by atoms with Gasteiger partial charge in [-0.3, -0.25) is 9.69 Å². The van der Waals surface area contributed by atoms with Crippen LogP contribution in [-0.4, -0.2) is 55.5 Å². The van der Waals surface area contributed by atoms with Gasteiger partial charge < -0.3 is 9.64 Å². The maximum absolute atomic E-state index is 12.6. The number of piperazine rings is 1. The summed E-state index contributed by atoms with van der Waals surface area (Å²) in [6.45, 7) is 6.79. The van der Waals surface area contributed by atoms with E-state index in [0.717, 1.165) is 43.6 Å². The highest BCUT2D eigenvalue weighted by Gasteiger charge is 2.23. The summed E-state index contributed by atoms with van der Waals surface area (Å²) in [6, 6.07) is 5.54. The summed E-state index contributed by atoms with van der Waals surface area (Å²) in [5.74, 6) is 0.686. The van der Waals surface area contributed by atoms with Crippen LogP contribution in [0.3, 0.4) is 0 Å². The van der Waals surface area contributed by atoms with Crippen molar-refractivity contribution in [1.82, 2.24) is 9.80 Å². The van der Waals surface area contributed by atoms with Crippen molar-refractivity contribution in [2.45, 2.75) is 13.3 Å². The Labute approximate surface area is 128 Å². The molecule has 0 spiro atoms. The van der Waals surface area contributed by atoms with Gasteiger partial charge in [0.05, 0.1) is 12.7 Å². The van der Waals surface area contributed by atoms with Crippen molar-refractivity contribution in [3.8, 4) is 5.75 Å². The Balaban J connectivity index is 2.05. The van der Waals surface area contributed by atoms with Crippen LogP contribution >= 0.6 is 15.9 Å². The van der Waals surface area contributed by atoms with Crippen molar-refractivity contribution in [3.05, 3.63) is 28.2 Å². The Bertz CT molecular complexity index is 471. The second kappa shape index (κ2) is 7.09. The Morgan fingerprint density at radius 2 is 2.00 bits per heavy atom. The van der Waals surface area contributed by atoms with Gasteiger partial charge in [0.15, 0.2) is 0 Å². The summed E-state index contributed by atoms with van der Waals surface area (Å²) >= 11 is 3.40. The summed E-state index contributed by atoms with van der Waals surface area (Å²) in [4.78, 5) is 16.9. The second-order valence-corrected chi connectivity index (χ2v) is 5.89. The molecule has 0 radical (unpaired) electrons. The van der Waals surface area contributed by atoms with Gasteiger partial charge in [0.2, 0.25) is 0 Å². The molecule has 0 atom stereocenters. The van der Waals surface area contributed by atoms with Crippen molar-refractivity contribution in [1.29, 1.82) is 0 Å². The molecular formula is C15H21BrN2O2. The molecule has 1 aliphatic rings. The fourth-order valence-electron chi connectivity index (χ4n) is 2.50. The van der Waals surface area contributed by atoms with Crippen LogP contribution in [0.1, 0.15) is 23.7 Å². The molecule has 20 heavy (non-hydrogen) atoms. The van der Waals surface area contributed by atoms with Crippen molar-refractivity contribution in [3.63, 3.8) is 0 Å². The molecule has 1 aromatic rings. The number of ether oxygens (including phenoxy) is 1. The highest BCUT2D eigenvalue weighted by molar-refractivity contribution is 9.10. The van der Waals surface area contributed by atoms with Crippen LogP contribution in [0.2, 0.25) is 0 Å². The zero-order chi connectivity index (χ0) is 14.5. The highest BCUT2D eigenvalue weighted by atomic mass is 79.9. The molecule has 1 aromatic carbocycles. The Morgan fingerprint density at radius 3 is 2.60 bits per heavy atom. The lowest BCUT2D eigenvalue weighted by Gasteiger charge is -2.34. The van der Waals surface area contributed by atoms with Gasteiger partial charge >= 0.3 is 0 Å². The van der Waals surface area contributed by atoms with E-state index >= 15 is 0 Å². The lowest BCUT2D eigenvalue weighted by atomic mass is 10.1. The van der Waals surface area contributed by atoms with Crippen LogP contribution in [0.25, 0.3) is 0 Å². The molecule has 1 saturated heterocycles. The van der Waals surface area contributed by atoms with E-state index in [9.17, 15) is 4.79 Å². The van der Waals surface area contributed by atoms with Crippen molar-refractivity contribution >= 4 is 21.8 Å². The van der Waals surface area contributed by atoms with Crippen LogP contribution in [0.15, 0.2) is 22.7 Å². The van der Waals surface area contributed by atoms with E-state index in [1.54, 1.807) is 7.11 Å². The zero-order valence-electron chi connectivity index (χ0n) is 12.1. The standard InChI is InChI=1S/C15H21BrN2O2/c1-3-6-17-7-9-18(10-8-17)15(19)13-5-4-12(16)11-14(13)20-2/h4-5,11H,3,6-10H2,1-2H3. The van der Waals surface area contributed by atoms with E-state index in [2.05, 4.69) is 27.8 Å². The molecule has 2 rings (SSSR count). The summed E-state index contributed by atoms with van der Waals surface area (Å²) < 4.78 is 6.23. The first-order chi connectivity index (χ1) is 9.65. The van der Waals surface area contributed by atoms with Crippen LogP contribution in [0.5, 0.6) is 5.75 Å². The Morgan fingerprint density at radius 1 is 1.30 bits per heavy atom. The number of methoxy groups -OCH3 is 1. The third kappa shape index (κ3) is 3.52. The van der Waals surface area contributed by atoms with Crippen molar-refractivity contribution in [2.75, 3.05) is 39.8 Å². The number of benzene rings is 1. The minimum absolute atomic E-state index is 0.0606. The number of nitrogens with zero attached hydrogens (tertiary/aromatic N) is 2. The molecule has 5 heteroatoms. The normalized spacial score (nSPS) is 16.2. The van der Waals surface area contributed by atoms with Gasteiger partial charge in [0.25, 0.3) is 5.91 Å². The molecule has 0 bridgehead atoms. The quantitative estimate of drug-likeness (QED) is 0.844. The predicted molar refractivity (Wildman–Crippen MR) is 83.3 cm³/mol. The number of carbonyl (C=O) groups is 1. The first-order valence-electron chi connectivity index (χ1n) is 7.01. The number of carbonyl (C=O) groups excluding carboxylic acids is 1. The third-order valence-electron chi connectivity index (χ3n) is 3.59. The van der Waals surface area contributed by atoms with Crippen molar-refractivity contribution < 1.29 is 9.53 Å². The second-order valence-electron chi connectivity index (χ2n) is 4.98. The first-order valence-corrected chi connectivity index (χ1v) is 7.80. The van der Waals surface area contributed by atoms with Gasteiger partial charge in [0.1, 0.15) is 5.75 Å². The Hall–Kier alpha value is -1.07. The Kier molecular flexibility index (Phi) is 5.43. The average Bonchev–Trinajstić information content (AvgIpc) is 2.47. The van der Waals surface area contributed by atoms with Gasteiger partial charge in [0, 0.05) is 30.7 Å². The molecule has 0 aliphatic carbocycles. The van der Waals surface area contributed by atoms with Gasteiger partial charge in [-0.15, -0.1) is 0 Å². The third-order valence-corrected chi connectivity index (χ3v) is 4.09. The molecule has 0 saturated carbocycles. The van der Waals surface area contributed by atoms with Crippen LogP contribution < -0.4 is 4.74 Å². The highest BCUT2D eigenvalue weighted by Crippen LogP contribution is 2.25. The van der Waals surface area contributed by atoms with E-state index in [1.807, 2.05) is 23.1 Å². The van der Waals surface area contributed by atoms with Gasteiger partial charge in [-0.25, -0.2) is 0 Å². The molecule has 0 aromatic heterocycles. The molecule has 0 unspecified atom stereocenters. The summed E-state index contributed by atoms with van der Waals surface area (Å²) in [5.41, 5.74) is 0.639. The number of hydrogen-bond donors (Lipinski definition) is 0. The topological polar surface area (TPSA) is 32.8 Å². The maximum Gasteiger partial charge on any atom is 0.257 e. The fraction of sp³-hybridized carbons (Fsp3) is 0.533.